The number of benzene rings is 3. The fourth-order valence-electron chi connectivity index (χ4n) is 2.99. The molecule has 0 radical (unpaired) electrons. The van der Waals surface area contributed by atoms with Crippen LogP contribution >= 0.6 is 11.3 Å². The number of carbonyl (C=O) groups is 1. The van der Waals surface area contributed by atoms with Gasteiger partial charge in [0.25, 0.3) is 0 Å². The fraction of sp³-hybridized carbons (Fsp3) is 0.0417. The molecule has 3 aromatic carbocycles. The zero-order valence-corrected chi connectivity index (χ0v) is 16.4. The topological polar surface area (TPSA) is 63.0 Å². The van der Waals surface area contributed by atoms with Crippen molar-refractivity contribution in [3.63, 3.8) is 0 Å². The van der Waals surface area contributed by atoms with E-state index in [1.807, 2.05) is 23.6 Å². The van der Waals surface area contributed by atoms with Crippen molar-refractivity contribution in [3.8, 4) is 23.1 Å². The number of hydrogen-bond donors (Lipinski definition) is 0. The van der Waals surface area contributed by atoms with Gasteiger partial charge in [0.1, 0.15) is 16.8 Å². The van der Waals surface area contributed by atoms with Crippen LogP contribution in [0.5, 0.6) is 5.75 Å². The van der Waals surface area contributed by atoms with Crippen LogP contribution in [0, 0.1) is 11.3 Å². The lowest BCUT2D eigenvalue weighted by Gasteiger charge is -2.02. The minimum Gasteiger partial charge on any atom is -0.427 e. The molecule has 0 atom stereocenters. The normalized spacial score (nSPS) is 11.2. The number of allylic oxidation sites excluding steroid dienone is 1. The summed E-state index contributed by atoms with van der Waals surface area (Å²) in [5.74, 6) is 0.107. The molecule has 0 saturated carbocycles. The van der Waals surface area contributed by atoms with E-state index in [9.17, 15) is 10.1 Å². The third-order valence-corrected chi connectivity index (χ3v) is 5.23. The summed E-state index contributed by atoms with van der Waals surface area (Å²) < 4.78 is 5.03. The molecule has 140 valence electrons. The van der Waals surface area contributed by atoms with E-state index in [2.05, 4.69) is 35.3 Å². The van der Waals surface area contributed by atoms with Crippen molar-refractivity contribution in [1.82, 2.24) is 4.98 Å². The first-order chi connectivity index (χ1) is 14.1. The second kappa shape index (κ2) is 8.09. The monoisotopic (exact) mass is 396 g/mol. The van der Waals surface area contributed by atoms with Gasteiger partial charge in [-0.3, -0.25) is 4.79 Å². The van der Waals surface area contributed by atoms with Gasteiger partial charge in [-0.25, -0.2) is 4.98 Å². The van der Waals surface area contributed by atoms with E-state index in [1.54, 1.807) is 30.3 Å². The van der Waals surface area contributed by atoms with Crippen molar-refractivity contribution in [3.05, 3.63) is 82.7 Å². The molecule has 5 heteroatoms. The molecule has 4 aromatic rings. The first-order valence-corrected chi connectivity index (χ1v) is 9.86. The fourth-order valence-corrected chi connectivity index (χ4v) is 3.78. The Morgan fingerprint density at radius 3 is 2.55 bits per heavy atom. The molecule has 0 unspecified atom stereocenters. The van der Waals surface area contributed by atoms with Crippen molar-refractivity contribution in [2.75, 3.05) is 0 Å². The predicted octanol–water partition coefficient (Wildman–Crippen LogP) is 5.95. The lowest BCUT2D eigenvalue weighted by Crippen LogP contribution is -2.00. The molecular weight excluding hydrogens is 380 g/mol. The first kappa shape index (κ1) is 18.6. The van der Waals surface area contributed by atoms with E-state index in [0.29, 0.717) is 16.3 Å². The van der Waals surface area contributed by atoms with Crippen molar-refractivity contribution < 1.29 is 9.53 Å². The highest BCUT2D eigenvalue weighted by Gasteiger charge is 2.10. The van der Waals surface area contributed by atoms with Crippen molar-refractivity contribution in [1.29, 1.82) is 5.26 Å². The van der Waals surface area contributed by atoms with Gasteiger partial charge in [-0.05, 0) is 40.6 Å². The maximum atomic E-state index is 11.0. The second-order valence-electron chi connectivity index (χ2n) is 6.43. The molecule has 0 amide bonds. The minimum absolute atomic E-state index is 0.366. The highest BCUT2D eigenvalue weighted by atomic mass is 32.1. The molecule has 0 spiro atoms. The smallest absolute Gasteiger partial charge is 0.308 e. The number of hydrogen-bond acceptors (Lipinski definition) is 5. The van der Waals surface area contributed by atoms with Gasteiger partial charge in [0.05, 0.1) is 11.3 Å². The Hall–Kier alpha value is -3.75. The quantitative estimate of drug-likeness (QED) is 0.243. The molecule has 0 aliphatic carbocycles. The molecule has 0 bridgehead atoms. The van der Waals surface area contributed by atoms with Gasteiger partial charge in [-0.1, -0.05) is 48.5 Å². The van der Waals surface area contributed by atoms with Crippen molar-refractivity contribution >= 4 is 39.7 Å². The number of esters is 1. The summed E-state index contributed by atoms with van der Waals surface area (Å²) in [6, 6.07) is 23.7. The van der Waals surface area contributed by atoms with Crippen LogP contribution in [0.3, 0.4) is 0 Å². The van der Waals surface area contributed by atoms with E-state index in [1.165, 1.54) is 23.6 Å². The number of nitrogens with zero attached hydrogens (tertiary/aromatic N) is 2. The van der Waals surface area contributed by atoms with E-state index in [0.717, 1.165) is 22.2 Å². The number of thiazole rings is 1. The SMILES string of the molecule is CC(=O)Oc1ccc(C=C(C#N)c2nc(-c3ccc4ccccc4c3)cs2)cc1. The third-order valence-electron chi connectivity index (χ3n) is 4.35. The number of ether oxygens (including phenoxy) is 1. The molecule has 1 aromatic heterocycles. The highest BCUT2D eigenvalue weighted by molar-refractivity contribution is 7.11. The minimum atomic E-state index is -0.366. The third kappa shape index (κ3) is 4.23. The van der Waals surface area contributed by atoms with Crippen LogP contribution in [0.1, 0.15) is 17.5 Å². The lowest BCUT2D eigenvalue weighted by atomic mass is 10.1. The highest BCUT2D eigenvalue weighted by Crippen LogP contribution is 2.29. The average Bonchev–Trinajstić information content (AvgIpc) is 3.22. The Balaban J connectivity index is 1.61. The summed E-state index contributed by atoms with van der Waals surface area (Å²) >= 11 is 1.44. The van der Waals surface area contributed by atoms with Gasteiger partial charge in [0.2, 0.25) is 0 Å². The summed E-state index contributed by atoms with van der Waals surface area (Å²) in [6.45, 7) is 1.36. The van der Waals surface area contributed by atoms with Gasteiger partial charge >= 0.3 is 5.97 Å². The van der Waals surface area contributed by atoms with Gasteiger partial charge in [0.15, 0.2) is 0 Å². The summed E-state index contributed by atoms with van der Waals surface area (Å²) in [6.07, 6.45) is 1.78. The Labute approximate surface area is 172 Å². The molecule has 0 N–H and O–H groups in total. The van der Waals surface area contributed by atoms with E-state index in [-0.39, 0.29) is 5.97 Å². The Kier molecular flexibility index (Phi) is 5.19. The van der Waals surface area contributed by atoms with Gasteiger partial charge < -0.3 is 4.74 Å². The zero-order chi connectivity index (χ0) is 20.2. The Morgan fingerprint density at radius 1 is 1.07 bits per heavy atom. The van der Waals surface area contributed by atoms with Crippen LogP contribution in [-0.2, 0) is 4.79 Å². The lowest BCUT2D eigenvalue weighted by molar-refractivity contribution is -0.131. The predicted molar refractivity (Wildman–Crippen MR) is 116 cm³/mol. The standard InChI is InChI=1S/C24H16N2O2S/c1-16(27)28-22-10-6-17(7-11-22)12-21(14-25)24-26-23(15-29-24)20-9-8-18-4-2-3-5-19(18)13-20/h2-13,15H,1H3. The molecular formula is C24H16N2O2S. The molecule has 4 nitrogen and oxygen atoms in total. The maximum absolute atomic E-state index is 11.0. The number of nitriles is 1. The molecule has 29 heavy (non-hydrogen) atoms. The van der Waals surface area contributed by atoms with Crippen LogP contribution in [0.25, 0.3) is 33.7 Å². The molecule has 0 aliphatic rings. The second-order valence-corrected chi connectivity index (χ2v) is 7.29. The maximum Gasteiger partial charge on any atom is 0.308 e. The van der Waals surface area contributed by atoms with Gasteiger partial charge in [-0.15, -0.1) is 11.3 Å². The van der Waals surface area contributed by atoms with Crippen LogP contribution < -0.4 is 4.74 Å². The van der Waals surface area contributed by atoms with E-state index < -0.39 is 0 Å². The van der Waals surface area contributed by atoms with Crippen molar-refractivity contribution in [2.45, 2.75) is 6.92 Å². The number of carbonyl (C=O) groups excluding carboxylic acids is 1. The molecule has 0 aliphatic heterocycles. The molecule has 0 fully saturated rings. The summed E-state index contributed by atoms with van der Waals surface area (Å²) in [5.41, 5.74) is 3.19. The largest absolute Gasteiger partial charge is 0.427 e. The first-order valence-electron chi connectivity index (χ1n) is 8.98. The van der Waals surface area contributed by atoms with E-state index in [4.69, 9.17) is 4.74 Å². The molecule has 0 saturated heterocycles. The number of fused-ring (bicyclic) bond motifs is 1. The molecule has 4 rings (SSSR count). The zero-order valence-electron chi connectivity index (χ0n) is 15.6. The summed E-state index contributed by atoms with van der Waals surface area (Å²) in [7, 11) is 0. The van der Waals surface area contributed by atoms with Crippen molar-refractivity contribution in [2.24, 2.45) is 0 Å². The van der Waals surface area contributed by atoms with Crippen LogP contribution in [0.15, 0.2) is 72.1 Å². The Bertz CT molecular complexity index is 1260. The summed E-state index contributed by atoms with van der Waals surface area (Å²) in [5, 5.41) is 14.6. The van der Waals surface area contributed by atoms with Crippen LogP contribution in [0.4, 0.5) is 0 Å². The van der Waals surface area contributed by atoms with Crippen LogP contribution in [-0.4, -0.2) is 11.0 Å². The van der Waals surface area contributed by atoms with Gasteiger partial charge in [0, 0.05) is 17.9 Å². The van der Waals surface area contributed by atoms with E-state index >= 15 is 0 Å². The number of aromatic nitrogens is 1. The Morgan fingerprint density at radius 2 is 1.83 bits per heavy atom. The average molecular weight is 396 g/mol. The molecule has 1 heterocycles. The van der Waals surface area contributed by atoms with Gasteiger partial charge in [-0.2, -0.15) is 5.26 Å². The van der Waals surface area contributed by atoms with Crippen LogP contribution in [0.2, 0.25) is 0 Å². The number of rotatable bonds is 4. The summed E-state index contributed by atoms with van der Waals surface area (Å²) in [4.78, 5) is 15.7.